The average molecular weight is 311 g/mol. The molecule has 0 radical (unpaired) electrons. The predicted octanol–water partition coefficient (Wildman–Crippen LogP) is 1.86. The Morgan fingerprint density at radius 1 is 1.11 bits per heavy atom. The molecule has 0 aromatic carbocycles. The van der Waals surface area contributed by atoms with Crippen LogP contribution in [-0.2, 0) is 10.0 Å². The van der Waals surface area contributed by atoms with Crippen molar-refractivity contribution in [1.29, 1.82) is 0 Å². The molecule has 0 aromatic heterocycles. The fourth-order valence-corrected chi connectivity index (χ4v) is 4.56. The molecule has 114 valence electrons. The van der Waals surface area contributed by atoms with Crippen molar-refractivity contribution in [3.8, 4) is 0 Å². The normalized spacial score (nSPS) is 22.8. The van der Waals surface area contributed by atoms with Gasteiger partial charge in [-0.15, -0.1) is 12.4 Å². The molecular weight excluding hydrogens is 284 g/mol. The average Bonchev–Trinajstić information content (AvgIpc) is 2.28. The molecule has 0 atom stereocenters. The molecule has 2 rings (SSSR count). The van der Waals surface area contributed by atoms with Gasteiger partial charge < -0.3 is 5.32 Å². The van der Waals surface area contributed by atoms with Crippen molar-refractivity contribution < 1.29 is 8.42 Å². The van der Waals surface area contributed by atoms with Gasteiger partial charge >= 0.3 is 0 Å². The minimum atomic E-state index is -2.98. The number of hydrogen-bond donors (Lipinski definition) is 1. The van der Waals surface area contributed by atoms with Crippen molar-refractivity contribution in [3.05, 3.63) is 0 Å². The number of sulfonamides is 1. The first-order chi connectivity index (χ1) is 8.62. The van der Waals surface area contributed by atoms with E-state index in [1.807, 2.05) is 7.05 Å². The monoisotopic (exact) mass is 310 g/mol. The zero-order valence-electron chi connectivity index (χ0n) is 11.8. The number of nitrogens with one attached hydrogen (secondary N) is 1. The second kappa shape index (κ2) is 7.81. The lowest BCUT2D eigenvalue weighted by molar-refractivity contribution is 0.266. The van der Waals surface area contributed by atoms with Gasteiger partial charge in [-0.25, -0.2) is 12.7 Å². The maximum absolute atomic E-state index is 12.2. The molecule has 1 heterocycles. The van der Waals surface area contributed by atoms with Crippen LogP contribution in [0.5, 0.6) is 0 Å². The molecule has 1 saturated heterocycles. The maximum atomic E-state index is 12.2. The summed E-state index contributed by atoms with van der Waals surface area (Å²) in [6.07, 6.45) is 6.64. The molecule has 0 unspecified atom stereocenters. The lowest BCUT2D eigenvalue weighted by Crippen LogP contribution is -2.41. The molecule has 1 N–H and O–H groups in total. The molecule has 1 saturated carbocycles. The van der Waals surface area contributed by atoms with Crippen molar-refractivity contribution in [1.82, 2.24) is 9.62 Å². The highest BCUT2D eigenvalue weighted by Crippen LogP contribution is 2.30. The molecule has 0 amide bonds. The molecule has 1 aliphatic carbocycles. The Balaban J connectivity index is 0.00000180. The van der Waals surface area contributed by atoms with Crippen LogP contribution in [0, 0.1) is 11.8 Å². The van der Waals surface area contributed by atoms with E-state index in [0.717, 1.165) is 38.9 Å². The minimum Gasteiger partial charge on any atom is -0.319 e. The molecule has 6 heteroatoms. The molecule has 19 heavy (non-hydrogen) atoms. The van der Waals surface area contributed by atoms with Crippen LogP contribution in [0.2, 0.25) is 0 Å². The summed E-state index contributed by atoms with van der Waals surface area (Å²) in [4.78, 5) is 0. The van der Waals surface area contributed by atoms with E-state index in [1.165, 1.54) is 19.3 Å². The Kier molecular flexibility index (Phi) is 7.08. The SMILES string of the molecule is CNCC1CCN(S(=O)(=O)CCC2CCC2)CC1.Cl. The highest BCUT2D eigenvalue weighted by molar-refractivity contribution is 7.89. The zero-order valence-corrected chi connectivity index (χ0v) is 13.4. The third-order valence-electron chi connectivity index (χ3n) is 4.47. The van der Waals surface area contributed by atoms with Gasteiger partial charge in [-0.2, -0.15) is 0 Å². The van der Waals surface area contributed by atoms with Crippen LogP contribution in [0.15, 0.2) is 0 Å². The maximum Gasteiger partial charge on any atom is 0.214 e. The standard InChI is InChI=1S/C13H26N2O2S.ClH/c1-14-11-13-5-8-15(9-6-13)18(16,17)10-7-12-3-2-4-12;/h12-14H,2-11H2,1H3;1H. The van der Waals surface area contributed by atoms with Crippen LogP contribution in [0.25, 0.3) is 0 Å². The first-order valence-corrected chi connectivity index (χ1v) is 8.85. The number of hydrogen-bond acceptors (Lipinski definition) is 3. The minimum absolute atomic E-state index is 0. The van der Waals surface area contributed by atoms with Crippen molar-refractivity contribution >= 4 is 22.4 Å². The van der Waals surface area contributed by atoms with Gasteiger partial charge in [-0.05, 0) is 44.7 Å². The van der Waals surface area contributed by atoms with Gasteiger partial charge in [0.2, 0.25) is 10.0 Å². The van der Waals surface area contributed by atoms with Crippen LogP contribution < -0.4 is 5.32 Å². The highest BCUT2D eigenvalue weighted by Gasteiger charge is 2.29. The summed E-state index contributed by atoms with van der Waals surface area (Å²) in [6.45, 7) is 2.45. The molecule has 2 aliphatic rings. The number of piperidine rings is 1. The van der Waals surface area contributed by atoms with Crippen LogP contribution in [0.1, 0.15) is 38.5 Å². The summed E-state index contributed by atoms with van der Waals surface area (Å²) >= 11 is 0. The molecule has 0 spiro atoms. The lowest BCUT2D eigenvalue weighted by atomic mass is 9.84. The summed E-state index contributed by atoms with van der Waals surface area (Å²) in [6, 6.07) is 0. The van der Waals surface area contributed by atoms with Gasteiger partial charge in [-0.1, -0.05) is 19.3 Å². The highest BCUT2D eigenvalue weighted by atomic mass is 35.5. The number of nitrogens with zero attached hydrogens (tertiary/aromatic N) is 1. The summed E-state index contributed by atoms with van der Waals surface area (Å²) in [5.74, 6) is 1.70. The Bertz CT molecular complexity index is 350. The van der Waals surface area contributed by atoms with Gasteiger partial charge in [0.1, 0.15) is 0 Å². The molecule has 1 aliphatic heterocycles. The van der Waals surface area contributed by atoms with Crippen molar-refractivity contribution in [2.45, 2.75) is 38.5 Å². The smallest absolute Gasteiger partial charge is 0.214 e. The fourth-order valence-electron chi connectivity index (χ4n) is 2.91. The van der Waals surface area contributed by atoms with Crippen molar-refractivity contribution in [2.24, 2.45) is 11.8 Å². The van der Waals surface area contributed by atoms with Crippen LogP contribution >= 0.6 is 12.4 Å². The zero-order chi connectivity index (χ0) is 13.0. The molecule has 4 nitrogen and oxygen atoms in total. The number of rotatable bonds is 6. The van der Waals surface area contributed by atoms with Crippen LogP contribution in [0.4, 0.5) is 0 Å². The molecule has 0 bridgehead atoms. The number of halogens is 1. The summed E-state index contributed by atoms with van der Waals surface area (Å²) < 4.78 is 26.1. The first-order valence-electron chi connectivity index (χ1n) is 7.24. The Hall–Kier alpha value is 0.160. The van der Waals surface area contributed by atoms with Crippen LogP contribution in [0.3, 0.4) is 0 Å². The van der Waals surface area contributed by atoms with E-state index in [-0.39, 0.29) is 12.4 Å². The third-order valence-corrected chi connectivity index (χ3v) is 6.37. The Morgan fingerprint density at radius 3 is 2.21 bits per heavy atom. The second-order valence-electron chi connectivity index (χ2n) is 5.80. The summed E-state index contributed by atoms with van der Waals surface area (Å²) in [5, 5.41) is 3.18. The third kappa shape index (κ3) is 4.88. The van der Waals surface area contributed by atoms with Crippen molar-refractivity contribution in [3.63, 3.8) is 0 Å². The van der Waals surface area contributed by atoms with Gasteiger partial charge in [0.25, 0.3) is 0 Å². The lowest BCUT2D eigenvalue weighted by Gasteiger charge is -2.32. The molecular formula is C13H27ClN2O2S. The Labute approximate surface area is 123 Å². The molecule has 2 fully saturated rings. The fraction of sp³-hybridized carbons (Fsp3) is 1.00. The van der Waals surface area contributed by atoms with E-state index in [9.17, 15) is 8.42 Å². The van der Waals surface area contributed by atoms with E-state index in [0.29, 0.717) is 17.6 Å². The second-order valence-corrected chi connectivity index (χ2v) is 7.89. The quantitative estimate of drug-likeness (QED) is 0.814. The summed E-state index contributed by atoms with van der Waals surface area (Å²) in [7, 11) is -1.02. The van der Waals surface area contributed by atoms with Crippen molar-refractivity contribution in [2.75, 3.05) is 32.4 Å². The largest absolute Gasteiger partial charge is 0.319 e. The predicted molar refractivity (Wildman–Crippen MR) is 81.2 cm³/mol. The van der Waals surface area contributed by atoms with Gasteiger partial charge in [0, 0.05) is 13.1 Å². The van der Waals surface area contributed by atoms with Gasteiger partial charge in [-0.3, -0.25) is 0 Å². The van der Waals surface area contributed by atoms with Gasteiger partial charge in [0.05, 0.1) is 5.75 Å². The molecule has 0 aromatic rings. The van der Waals surface area contributed by atoms with E-state index >= 15 is 0 Å². The first kappa shape index (κ1) is 17.2. The van der Waals surface area contributed by atoms with E-state index in [2.05, 4.69) is 5.32 Å². The Morgan fingerprint density at radius 2 is 1.74 bits per heavy atom. The van der Waals surface area contributed by atoms with E-state index in [1.54, 1.807) is 4.31 Å². The van der Waals surface area contributed by atoms with E-state index in [4.69, 9.17) is 0 Å². The van der Waals surface area contributed by atoms with Gasteiger partial charge in [0.15, 0.2) is 0 Å². The topological polar surface area (TPSA) is 49.4 Å². The van der Waals surface area contributed by atoms with E-state index < -0.39 is 10.0 Å². The van der Waals surface area contributed by atoms with Crippen LogP contribution in [-0.4, -0.2) is 45.2 Å². The summed E-state index contributed by atoms with van der Waals surface area (Å²) in [5.41, 5.74) is 0.